The van der Waals surface area contributed by atoms with E-state index in [9.17, 15) is 4.79 Å². The molecule has 1 aliphatic heterocycles. The van der Waals surface area contributed by atoms with Gasteiger partial charge < -0.3 is 10.1 Å². The van der Waals surface area contributed by atoms with Crippen LogP contribution in [0.3, 0.4) is 0 Å². The van der Waals surface area contributed by atoms with Gasteiger partial charge in [0.2, 0.25) is 0 Å². The molecule has 5 heteroatoms. The summed E-state index contributed by atoms with van der Waals surface area (Å²) in [7, 11) is 0. The highest BCUT2D eigenvalue weighted by Crippen LogP contribution is 2.29. The second-order valence-electron chi connectivity index (χ2n) is 8.22. The lowest BCUT2D eigenvalue weighted by Gasteiger charge is -2.14. The van der Waals surface area contributed by atoms with E-state index < -0.39 is 6.10 Å². The Kier molecular flexibility index (Phi) is 4.67. The molecule has 2 aromatic carbocycles. The van der Waals surface area contributed by atoms with Crippen molar-refractivity contribution in [1.29, 1.82) is 0 Å². The predicted octanol–water partition coefficient (Wildman–Crippen LogP) is 4.17. The number of para-hydroxylation sites is 1. The number of amides is 1. The van der Waals surface area contributed by atoms with E-state index in [1.54, 1.807) is 0 Å². The second kappa shape index (κ2) is 7.15. The summed E-state index contributed by atoms with van der Waals surface area (Å²) in [6, 6.07) is 19.9. The highest BCUT2D eigenvalue weighted by molar-refractivity contribution is 5.94. The van der Waals surface area contributed by atoms with Crippen molar-refractivity contribution in [2.45, 2.75) is 45.3 Å². The van der Waals surface area contributed by atoms with Crippen LogP contribution in [0.1, 0.15) is 37.6 Å². The minimum Gasteiger partial charge on any atom is -0.480 e. The first-order chi connectivity index (χ1) is 13.4. The Morgan fingerprint density at radius 3 is 2.57 bits per heavy atom. The summed E-state index contributed by atoms with van der Waals surface area (Å²) in [4.78, 5) is 12.9. The van der Waals surface area contributed by atoms with Gasteiger partial charge in [-0.3, -0.25) is 4.79 Å². The van der Waals surface area contributed by atoms with Crippen LogP contribution in [-0.2, 0) is 23.2 Å². The number of nitrogens with zero attached hydrogens (tertiary/aromatic N) is 2. The Morgan fingerprint density at radius 1 is 1.14 bits per heavy atom. The second-order valence-corrected chi connectivity index (χ2v) is 8.22. The van der Waals surface area contributed by atoms with Crippen LogP contribution in [0.15, 0.2) is 60.7 Å². The summed E-state index contributed by atoms with van der Waals surface area (Å²) >= 11 is 0. The molecule has 0 aliphatic carbocycles. The number of carbonyl (C=O) groups excluding carboxylic acids is 1. The first kappa shape index (κ1) is 18.3. The third kappa shape index (κ3) is 3.79. The summed E-state index contributed by atoms with van der Waals surface area (Å²) in [6.07, 6.45) is 0.0663. The lowest BCUT2D eigenvalue weighted by Crippen LogP contribution is -2.32. The Hall–Kier alpha value is -3.08. The zero-order chi connectivity index (χ0) is 19.7. The van der Waals surface area contributed by atoms with Crippen LogP contribution in [0.4, 0.5) is 5.82 Å². The lowest BCUT2D eigenvalue weighted by molar-refractivity contribution is -0.122. The maximum Gasteiger partial charge on any atom is 0.266 e. The Balaban J connectivity index is 1.56. The normalized spacial score (nSPS) is 15.8. The van der Waals surface area contributed by atoms with Gasteiger partial charge in [0.1, 0.15) is 11.6 Å². The number of ether oxygens (including phenoxy) is 1. The average molecular weight is 375 g/mol. The van der Waals surface area contributed by atoms with E-state index in [0.717, 1.165) is 22.6 Å². The third-order valence-corrected chi connectivity index (χ3v) is 4.91. The van der Waals surface area contributed by atoms with Gasteiger partial charge in [-0.15, -0.1) is 0 Å². The van der Waals surface area contributed by atoms with Crippen molar-refractivity contribution in [1.82, 2.24) is 9.78 Å². The molecule has 1 N–H and O–H groups in total. The fourth-order valence-electron chi connectivity index (χ4n) is 3.30. The number of carbonyl (C=O) groups is 1. The molecule has 4 rings (SSSR count). The van der Waals surface area contributed by atoms with Crippen LogP contribution in [0.5, 0.6) is 5.75 Å². The summed E-state index contributed by atoms with van der Waals surface area (Å²) in [5.74, 6) is 1.33. The van der Waals surface area contributed by atoms with Gasteiger partial charge in [0, 0.05) is 17.9 Å². The van der Waals surface area contributed by atoms with Gasteiger partial charge in [0.15, 0.2) is 6.10 Å². The van der Waals surface area contributed by atoms with E-state index in [1.165, 1.54) is 0 Å². The van der Waals surface area contributed by atoms with Gasteiger partial charge in [-0.1, -0.05) is 69.3 Å². The van der Waals surface area contributed by atoms with Crippen LogP contribution >= 0.6 is 0 Å². The van der Waals surface area contributed by atoms with Crippen molar-refractivity contribution in [3.8, 4) is 5.75 Å². The first-order valence-electron chi connectivity index (χ1n) is 9.58. The molecule has 0 bridgehead atoms. The molecular weight excluding hydrogens is 350 g/mol. The minimum atomic E-state index is -0.518. The van der Waals surface area contributed by atoms with Crippen molar-refractivity contribution < 1.29 is 9.53 Å². The molecule has 0 fully saturated rings. The zero-order valence-corrected chi connectivity index (χ0v) is 16.5. The highest BCUT2D eigenvalue weighted by Gasteiger charge is 2.30. The zero-order valence-electron chi connectivity index (χ0n) is 16.5. The van der Waals surface area contributed by atoms with E-state index in [2.05, 4.69) is 38.2 Å². The van der Waals surface area contributed by atoms with E-state index in [4.69, 9.17) is 9.84 Å². The summed E-state index contributed by atoms with van der Waals surface area (Å²) in [5, 5.41) is 7.79. The van der Waals surface area contributed by atoms with Crippen molar-refractivity contribution in [3.63, 3.8) is 0 Å². The molecule has 0 radical (unpaired) electrons. The van der Waals surface area contributed by atoms with E-state index in [1.807, 2.05) is 53.2 Å². The molecule has 144 valence electrons. The number of hydrogen-bond donors (Lipinski definition) is 1. The maximum absolute atomic E-state index is 12.9. The molecule has 1 amide bonds. The molecule has 0 saturated heterocycles. The van der Waals surface area contributed by atoms with E-state index >= 15 is 0 Å². The molecule has 1 aliphatic rings. The first-order valence-corrected chi connectivity index (χ1v) is 9.58. The topological polar surface area (TPSA) is 56.1 Å². The Morgan fingerprint density at radius 2 is 1.86 bits per heavy atom. The lowest BCUT2D eigenvalue weighted by atomic mass is 9.92. The van der Waals surface area contributed by atoms with Crippen LogP contribution in [0.2, 0.25) is 0 Å². The number of nitrogens with one attached hydrogen (secondary N) is 1. The molecule has 3 aromatic rings. The third-order valence-electron chi connectivity index (χ3n) is 4.91. The molecule has 28 heavy (non-hydrogen) atoms. The number of benzene rings is 2. The van der Waals surface area contributed by atoms with E-state index in [0.29, 0.717) is 18.8 Å². The molecule has 0 saturated carbocycles. The Labute approximate surface area is 165 Å². The van der Waals surface area contributed by atoms with Crippen molar-refractivity contribution in [2.24, 2.45) is 0 Å². The summed E-state index contributed by atoms with van der Waals surface area (Å²) in [5.41, 5.74) is 3.03. The number of fused-ring (bicyclic) bond motifs is 1. The molecule has 2 heterocycles. The highest BCUT2D eigenvalue weighted by atomic mass is 16.5. The van der Waals surface area contributed by atoms with Crippen molar-refractivity contribution in [3.05, 3.63) is 77.5 Å². The van der Waals surface area contributed by atoms with E-state index in [-0.39, 0.29) is 11.3 Å². The van der Waals surface area contributed by atoms with Gasteiger partial charge in [0.05, 0.1) is 12.2 Å². The number of hydrogen-bond acceptors (Lipinski definition) is 3. The number of rotatable bonds is 4. The van der Waals surface area contributed by atoms with Crippen LogP contribution < -0.4 is 10.1 Å². The smallest absolute Gasteiger partial charge is 0.266 e. The number of anilines is 1. The van der Waals surface area contributed by atoms with Crippen LogP contribution in [0.25, 0.3) is 0 Å². The van der Waals surface area contributed by atoms with Gasteiger partial charge in [-0.25, -0.2) is 4.68 Å². The van der Waals surface area contributed by atoms with Gasteiger partial charge >= 0.3 is 0 Å². The fourth-order valence-corrected chi connectivity index (χ4v) is 3.30. The molecule has 1 unspecified atom stereocenters. The molecule has 0 spiro atoms. The molecular formula is C23H25N3O2. The minimum absolute atomic E-state index is 0.110. The predicted molar refractivity (Wildman–Crippen MR) is 110 cm³/mol. The summed E-state index contributed by atoms with van der Waals surface area (Å²) in [6.45, 7) is 6.94. The largest absolute Gasteiger partial charge is 0.480 e. The van der Waals surface area contributed by atoms with Crippen molar-refractivity contribution in [2.75, 3.05) is 5.32 Å². The quantitative estimate of drug-likeness (QED) is 0.745. The van der Waals surface area contributed by atoms with Gasteiger partial charge in [-0.05, 0) is 17.2 Å². The maximum atomic E-state index is 12.9. The summed E-state index contributed by atoms with van der Waals surface area (Å²) < 4.78 is 7.69. The average Bonchev–Trinajstić information content (AvgIpc) is 3.27. The molecule has 1 aromatic heterocycles. The fraction of sp³-hybridized carbons (Fsp3) is 0.304. The van der Waals surface area contributed by atoms with Crippen LogP contribution in [-0.4, -0.2) is 21.8 Å². The van der Waals surface area contributed by atoms with Gasteiger partial charge in [0.25, 0.3) is 5.91 Å². The van der Waals surface area contributed by atoms with Crippen molar-refractivity contribution >= 4 is 11.7 Å². The van der Waals surface area contributed by atoms with Crippen LogP contribution in [0, 0.1) is 0 Å². The number of aromatic nitrogens is 2. The Bertz CT molecular complexity index is 962. The molecule has 5 nitrogen and oxygen atoms in total. The molecule has 1 atom stereocenters. The monoisotopic (exact) mass is 375 g/mol. The van der Waals surface area contributed by atoms with Gasteiger partial charge in [-0.2, -0.15) is 5.10 Å². The SMILES string of the molecule is CC(C)(C)c1cc(NC(=O)C2Cc3ccccc3O2)n(Cc2ccccc2)n1. The standard InChI is InChI=1S/C23H25N3O2/c1-23(2,3)20-14-21(26(25-20)15-16-9-5-4-6-10-16)24-22(27)19-13-17-11-7-8-12-18(17)28-19/h4-12,14,19H,13,15H2,1-3H3,(H,24,27).